The number of fused-ring (bicyclic) bond motifs is 1. The quantitative estimate of drug-likeness (QED) is 0.937. The number of imidazole rings is 1. The number of aromatic nitrogens is 2. The lowest BCUT2D eigenvalue weighted by Crippen LogP contribution is -2.35. The first-order chi connectivity index (χ1) is 10.7. The molecule has 2 aromatic rings. The number of nitriles is 1. The number of benzene rings is 1. The Morgan fingerprint density at radius 3 is 2.77 bits per heavy atom. The maximum absolute atomic E-state index is 12.3. The Bertz CT molecular complexity index is 744. The normalized spacial score (nSPS) is 21.0. The van der Waals surface area contributed by atoms with Crippen LogP contribution in [0.2, 0.25) is 0 Å². The summed E-state index contributed by atoms with van der Waals surface area (Å²) in [5.74, 6) is -0.0583. The Balaban J connectivity index is 1.43. The van der Waals surface area contributed by atoms with E-state index >= 15 is 0 Å². The number of carbonyl (C=O) groups is 1. The summed E-state index contributed by atoms with van der Waals surface area (Å²) >= 11 is 0. The predicted octanol–water partition coefficient (Wildman–Crippen LogP) is 1.79. The number of nitrogens with one attached hydrogen (secondary N) is 1. The van der Waals surface area contributed by atoms with E-state index in [1.54, 1.807) is 6.33 Å². The van der Waals surface area contributed by atoms with Crippen molar-refractivity contribution in [2.45, 2.75) is 37.3 Å². The van der Waals surface area contributed by atoms with E-state index in [-0.39, 0.29) is 17.4 Å². The molecule has 1 fully saturated rings. The van der Waals surface area contributed by atoms with Crippen LogP contribution >= 0.6 is 0 Å². The van der Waals surface area contributed by atoms with Crippen molar-refractivity contribution in [3.05, 3.63) is 53.6 Å². The molecule has 1 aromatic heterocycles. The maximum Gasteiger partial charge on any atom is 0.251 e. The molecule has 0 bridgehead atoms. The largest absolute Gasteiger partial charge is 0.347 e. The highest BCUT2D eigenvalue weighted by molar-refractivity contribution is 5.94. The van der Waals surface area contributed by atoms with Gasteiger partial charge in [0.05, 0.1) is 23.9 Å². The zero-order chi connectivity index (χ0) is 15.2. The molecule has 2 heterocycles. The summed E-state index contributed by atoms with van der Waals surface area (Å²) in [6, 6.07) is 9.95. The van der Waals surface area contributed by atoms with Gasteiger partial charge in [0.2, 0.25) is 0 Å². The van der Waals surface area contributed by atoms with Crippen LogP contribution in [0.15, 0.2) is 36.8 Å². The van der Waals surface area contributed by atoms with E-state index in [2.05, 4.69) is 20.9 Å². The van der Waals surface area contributed by atoms with Gasteiger partial charge in [0.25, 0.3) is 5.91 Å². The molecule has 1 unspecified atom stereocenters. The standard InChI is InChI=1S/C17H16N4O/c18-10-17(5-6-17)13-3-1-12(2-4-13)16(22)20-14-7-15-8-19-11-21(15)9-14/h1-4,8,11,14H,5-7,9H2,(H,20,22). The van der Waals surface area contributed by atoms with Crippen molar-refractivity contribution in [3.8, 4) is 6.07 Å². The Labute approximate surface area is 128 Å². The van der Waals surface area contributed by atoms with Crippen molar-refractivity contribution >= 4 is 5.91 Å². The molecule has 5 nitrogen and oxygen atoms in total. The van der Waals surface area contributed by atoms with Crippen LogP contribution in [0.3, 0.4) is 0 Å². The second kappa shape index (κ2) is 4.70. The fourth-order valence-corrected chi connectivity index (χ4v) is 3.13. The summed E-state index contributed by atoms with van der Waals surface area (Å²) in [5.41, 5.74) is 2.53. The first-order valence-corrected chi connectivity index (χ1v) is 7.52. The number of nitrogens with zero attached hydrogens (tertiary/aromatic N) is 3. The van der Waals surface area contributed by atoms with Crippen LogP contribution in [0.5, 0.6) is 0 Å². The number of carbonyl (C=O) groups excluding carboxylic acids is 1. The van der Waals surface area contributed by atoms with Crippen molar-refractivity contribution in [1.29, 1.82) is 5.26 Å². The van der Waals surface area contributed by atoms with Gasteiger partial charge in [0.15, 0.2) is 0 Å². The van der Waals surface area contributed by atoms with Gasteiger partial charge in [-0.15, -0.1) is 0 Å². The Kier molecular flexibility index (Phi) is 2.80. The third-order valence-electron chi connectivity index (χ3n) is 4.67. The van der Waals surface area contributed by atoms with Crippen LogP contribution in [0, 0.1) is 11.3 Å². The average molecular weight is 292 g/mol. The molecule has 4 rings (SSSR count). The van der Waals surface area contributed by atoms with Crippen molar-refractivity contribution in [3.63, 3.8) is 0 Å². The minimum absolute atomic E-state index is 0.0583. The molecule has 0 saturated heterocycles. The molecule has 1 aromatic carbocycles. The highest BCUT2D eigenvalue weighted by atomic mass is 16.1. The van der Waals surface area contributed by atoms with Gasteiger partial charge in [0, 0.05) is 30.4 Å². The summed E-state index contributed by atoms with van der Waals surface area (Å²) < 4.78 is 2.07. The summed E-state index contributed by atoms with van der Waals surface area (Å²) in [5, 5.41) is 12.3. The van der Waals surface area contributed by atoms with Crippen LogP contribution in [-0.4, -0.2) is 21.5 Å². The lowest BCUT2D eigenvalue weighted by Gasteiger charge is -2.13. The zero-order valence-electron chi connectivity index (χ0n) is 12.1. The van der Waals surface area contributed by atoms with Gasteiger partial charge in [-0.3, -0.25) is 4.79 Å². The lowest BCUT2D eigenvalue weighted by atomic mass is 9.96. The maximum atomic E-state index is 12.3. The summed E-state index contributed by atoms with van der Waals surface area (Å²) in [6.07, 6.45) is 6.31. The molecule has 1 aliphatic heterocycles. The number of hydrogen-bond acceptors (Lipinski definition) is 3. The molecule has 5 heteroatoms. The minimum Gasteiger partial charge on any atom is -0.347 e. The van der Waals surface area contributed by atoms with Gasteiger partial charge in [-0.05, 0) is 30.5 Å². The van der Waals surface area contributed by atoms with Crippen LogP contribution in [0.4, 0.5) is 0 Å². The number of rotatable bonds is 3. The molecule has 2 aliphatic rings. The van der Waals surface area contributed by atoms with Gasteiger partial charge in [-0.2, -0.15) is 5.26 Å². The smallest absolute Gasteiger partial charge is 0.251 e. The van der Waals surface area contributed by atoms with E-state index in [4.69, 9.17) is 0 Å². The van der Waals surface area contributed by atoms with E-state index in [0.717, 1.165) is 37.1 Å². The molecule has 1 atom stereocenters. The molecule has 1 N–H and O–H groups in total. The van der Waals surface area contributed by atoms with E-state index in [9.17, 15) is 10.1 Å². The highest BCUT2D eigenvalue weighted by Gasteiger charge is 2.44. The van der Waals surface area contributed by atoms with Crippen LogP contribution in [0.25, 0.3) is 0 Å². The Morgan fingerprint density at radius 1 is 1.36 bits per heavy atom. The lowest BCUT2D eigenvalue weighted by molar-refractivity contribution is 0.0936. The van der Waals surface area contributed by atoms with E-state index in [1.807, 2.05) is 30.5 Å². The van der Waals surface area contributed by atoms with E-state index < -0.39 is 0 Å². The van der Waals surface area contributed by atoms with Crippen molar-refractivity contribution in [1.82, 2.24) is 14.9 Å². The molecular weight excluding hydrogens is 276 g/mol. The van der Waals surface area contributed by atoms with E-state index in [0.29, 0.717) is 5.56 Å². The van der Waals surface area contributed by atoms with Gasteiger partial charge in [0.1, 0.15) is 0 Å². The van der Waals surface area contributed by atoms with Gasteiger partial charge >= 0.3 is 0 Å². The second-order valence-corrected chi connectivity index (χ2v) is 6.18. The fraction of sp³-hybridized carbons (Fsp3) is 0.353. The molecule has 0 spiro atoms. The monoisotopic (exact) mass is 292 g/mol. The van der Waals surface area contributed by atoms with Gasteiger partial charge in [-0.25, -0.2) is 4.98 Å². The molecule has 1 amide bonds. The number of hydrogen-bond donors (Lipinski definition) is 1. The first-order valence-electron chi connectivity index (χ1n) is 7.52. The zero-order valence-corrected chi connectivity index (χ0v) is 12.1. The van der Waals surface area contributed by atoms with Crippen molar-refractivity contribution in [2.24, 2.45) is 0 Å². The molecule has 0 radical (unpaired) electrons. The fourth-order valence-electron chi connectivity index (χ4n) is 3.13. The molecule has 1 aliphatic carbocycles. The summed E-state index contributed by atoms with van der Waals surface area (Å²) in [6.45, 7) is 0.775. The SMILES string of the molecule is N#CC1(c2ccc(C(=O)NC3Cc4cncn4C3)cc2)CC1. The third-order valence-corrected chi connectivity index (χ3v) is 4.67. The highest BCUT2D eigenvalue weighted by Crippen LogP contribution is 2.47. The summed E-state index contributed by atoms with van der Waals surface area (Å²) in [7, 11) is 0. The van der Waals surface area contributed by atoms with Crippen molar-refractivity contribution < 1.29 is 4.79 Å². The summed E-state index contributed by atoms with van der Waals surface area (Å²) in [4.78, 5) is 16.4. The molecular formula is C17H16N4O. The van der Waals surface area contributed by atoms with E-state index in [1.165, 1.54) is 0 Å². The number of amides is 1. The van der Waals surface area contributed by atoms with Crippen molar-refractivity contribution in [2.75, 3.05) is 0 Å². The molecule has 1 saturated carbocycles. The molecule has 22 heavy (non-hydrogen) atoms. The van der Waals surface area contributed by atoms with Crippen LogP contribution in [0.1, 0.15) is 34.5 Å². The minimum atomic E-state index is -0.295. The Hall–Kier alpha value is -2.61. The predicted molar refractivity (Wildman–Crippen MR) is 80.2 cm³/mol. The second-order valence-electron chi connectivity index (χ2n) is 6.18. The molecule has 110 valence electrons. The van der Waals surface area contributed by atoms with Crippen LogP contribution < -0.4 is 5.32 Å². The van der Waals surface area contributed by atoms with Crippen LogP contribution in [-0.2, 0) is 18.4 Å². The van der Waals surface area contributed by atoms with Gasteiger partial charge < -0.3 is 9.88 Å². The average Bonchev–Trinajstić information content (AvgIpc) is 3.08. The first kappa shape index (κ1) is 13.1. The third kappa shape index (κ3) is 2.08. The Morgan fingerprint density at radius 2 is 2.14 bits per heavy atom. The van der Waals surface area contributed by atoms with Gasteiger partial charge in [-0.1, -0.05) is 12.1 Å². The topological polar surface area (TPSA) is 70.7 Å².